The monoisotopic (exact) mass is 574 g/mol. The van der Waals surface area contributed by atoms with Crippen molar-refractivity contribution in [1.29, 1.82) is 0 Å². The molecule has 0 bridgehead atoms. The molecule has 0 aromatic heterocycles. The smallest absolute Gasteiger partial charge is 0.387 e. The molecule has 10 heteroatoms. The summed E-state index contributed by atoms with van der Waals surface area (Å²) < 4.78 is 30.6. The van der Waals surface area contributed by atoms with Gasteiger partial charge >= 0.3 is 6.61 Å². The van der Waals surface area contributed by atoms with Crippen LogP contribution in [0.25, 0.3) is 0 Å². The lowest BCUT2D eigenvalue weighted by Gasteiger charge is -2.34. The molecule has 2 rings (SSSR count). The molecule has 1 heterocycles. The Labute approximate surface area is 189 Å². The van der Waals surface area contributed by atoms with Crippen molar-refractivity contribution < 1.29 is 18.3 Å². The van der Waals surface area contributed by atoms with Crippen molar-refractivity contribution in [3.05, 3.63) is 28.2 Å². The zero-order valence-corrected chi connectivity index (χ0v) is 19.6. The van der Waals surface area contributed by atoms with E-state index in [2.05, 4.69) is 35.9 Å². The molecule has 1 aliphatic heterocycles. The zero-order chi connectivity index (χ0) is 19.8. The number of rotatable bonds is 7. The highest BCUT2D eigenvalue weighted by molar-refractivity contribution is 14.0. The predicted octanol–water partition coefficient (Wildman–Crippen LogP) is 3.72. The number of ether oxygens (including phenoxy) is 1. The fourth-order valence-corrected chi connectivity index (χ4v) is 3.59. The van der Waals surface area contributed by atoms with Crippen LogP contribution < -0.4 is 15.8 Å². The van der Waals surface area contributed by atoms with E-state index >= 15 is 0 Å². The Bertz CT molecular complexity index is 679. The maximum atomic E-state index is 12.6. The van der Waals surface area contributed by atoms with E-state index in [1.54, 1.807) is 12.1 Å². The second kappa shape index (κ2) is 12.4. The molecular formula is C18H26BrF2IN4O2. The maximum Gasteiger partial charge on any atom is 0.387 e. The Morgan fingerprint density at radius 1 is 1.50 bits per heavy atom. The number of primary amides is 1. The number of halogens is 4. The summed E-state index contributed by atoms with van der Waals surface area (Å²) in [6, 6.07) is 4.86. The lowest BCUT2D eigenvalue weighted by atomic mass is 9.95. The fourth-order valence-electron chi connectivity index (χ4n) is 3.18. The topological polar surface area (TPSA) is 80.0 Å². The average molecular weight is 575 g/mol. The third-order valence-corrected chi connectivity index (χ3v) is 4.77. The van der Waals surface area contributed by atoms with E-state index in [0.717, 1.165) is 23.9 Å². The summed E-state index contributed by atoms with van der Waals surface area (Å²) in [5.41, 5.74) is 5.89. The van der Waals surface area contributed by atoms with Crippen LogP contribution in [0.15, 0.2) is 27.7 Å². The van der Waals surface area contributed by atoms with Gasteiger partial charge in [-0.05, 0) is 43.9 Å². The first kappa shape index (κ1) is 24.9. The number of piperidine rings is 1. The highest BCUT2D eigenvalue weighted by Gasteiger charge is 2.23. The number of carbonyl (C=O) groups is 1. The van der Waals surface area contributed by atoms with E-state index < -0.39 is 6.61 Å². The van der Waals surface area contributed by atoms with E-state index in [0.29, 0.717) is 31.0 Å². The first-order chi connectivity index (χ1) is 12.9. The minimum atomic E-state index is -2.89. The first-order valence-electron chi connectivity index (χ1n) is 8.93. The number of nitrogens with one attached hydrogen (secondary N) is 1. The zero-order valence-electron chi connectivity index (χ0n) is 15.7. The van der Waals surface area contributed by atoms with Crippen LogP contribution in [0.4, 0.5) is 8.78 Å². The SMILES string of the molecule is CCNC(=NCc1cc(Br)ccc1OC(F)F)N1CCCC(CC(N)=O)C1.I. The quantitative estimate of drug-likeness (QED) is 0.295. The van der Waals surface area contributed by atoms with Crippen LogP contribution in [0.1, 0.15) is 31.7 Å². The largest absolute Gasteiger partial charge is 0.434 e. The summed E-state index contributed by atoms with van der Waals surface area (Å²) in [6.45, 7) is 1.45. The van der Waals surface area contributed by atoms with Gasteiger partial charge in [-0.25, -0.2) is 4.99 Å². The normalized spacial score (nSPS) is 17.2. The predicted molar refractivity (Wildman–Crippen MR) is 119 cm³/mol. The van der Waals surface area contributed by atoms with Crippen LogP contribution in [0.2, 0.25) is 0 Å². The van der Waals surface area contributed by atoms with Gasteiger partial charge in [0.25, 0.3) is 0 Å². The number of guanidine groups is 1. The van der Waals surface area contributed by atoms with Gasteiger partial charge in [0.1, 0.15) is 5.75 Å². The molecule has 1 atom stereocenters. The average Bonchev–Trinajstić information content (AvgIpc) is 2.60. The third kappa shape index (κ3) is 8.06. The number of likely N-dealkylation sites (tertiary alicyclic amines) is 1. The van der Waals surface area contributed by atoms with E-state index in [-0.39, 0.29) is 48.1 Å². The molecule has 1 fully saturated rings. The van der Waals surface area contributed by atoms with Crippen molar-refractivity contribution in [2.24, 2.45) is 16.6 Å². The van der Waals surface area contributed by atoms with Crippen LogP contribution >= 0.6 is 39.9 Å². The maximum absolute atomic E-state index is 12.6. The van der Waals surface area contributed by atoms with Crippen LogP contribution in [-0.4, -0.2) is 43.0 Å². The van der Waals surface area contributed by atoms with Gasteiger partial charge in [-0.15, -0.1) is 24.0 Å². The molecule has 1 unspecified atom stereocenters. The number of amides is 1. The van der Waals surface area contributed by atoms with Gasteiger partial charge in [0.2, 0.25) is 5.91 Å². The fraction of sp³-hybridized carbons (Fsp3) is 0.556. The van der Waals surface area contributed by atoms with Crippen molar-refractivity contribution >= 4 is 51.8 Å². The Hall–Kier alpha value is -1.17. The van der Waals surface area contributed by atoms with E-state index in [1.807, 2.05) is 6.92 Å². The summed E-state index contributed by atoms with van der Waals surface area (Å²) in [5, 5.41) is 3.23. The lowest BCUT2D eigenvalue weighted by Crippen LogP contribution is -2.47. The highest BCUT2D eigenvalue weighted by atomic mass is 127. The van der Waals surface area contributed by atoms with Gasteiger partial charge < -0.3 is 20.7 Å². The molecule has 158 valence electrons. The molecule has 0 spiro atoms. The van der Waals surface area contributed by atoms with Gasteiger partial charge in [-0.2, -0.15) is 8.78 Å². The van der Waals surface area contributed by atoms with Crippen LogP contribution in [0.3, 0.4) is 0 Å². The number of benzene rings is 1. The van der Waals surface area contributed by atoms with Gasteiger partial charge in [-0.3, -0.25) is 4.79 Å². The van der Waals surface area contributed by atoms with Gasteiger partial charge in [-0.1, -0.05) is 15.9 Å². The van der Waals surface area contributed by atoms with Crippen LogP contribution in [0, 0.1) is 5.92 Å². The molecular weight excluding hydrogens is 549 g/mol. The van der Waals surface area contributed by atoms with E-state index in [9.17, 15) is 13.6 Å². The van der Waals surface area contributed by atoms with Crippen molar-refractivity contribution in [2.75, 3.05) is 19.6 Å². The Morgan fingerprint density at radius 3 is 2.89 bits per heavy atom. The van der Waals surface area contributed by atoms with Crippen molar-refractivity contribution in [1.82, 2.24) is 10.2 Å². The van der Waals surface area contributed by atoms with Gasteiger partial charge in [0, 0.05) is 36.1 Å². The molecule has 1 aliphatic rings. The summed E-state index contributed by atoms with van der Waals surface area (Å²) >= 11 is 3.35. The van der Waals surface area contributed by atoms with Crippen molar-refractivity contribution in [3.63, 3.8) is 0 Å². The van der Waals surface area contributed by atoms with Crippen LogP contribution in [-0.2, 0) is 11.3 Å². The molecule has 1 aromatic rings. The highest BCUT2D eigenvalue weighted by Crippen LogP contribution is 2.26. The minimum absolute atomic E-state index is 0. The van der Waals surface area contributed by atoms with E-state index in [4.69, 9.17) is 5.73 Å². The van der Waals surface area contributed by atoms with E-state index in [1.165, 1.54) is 6.07 Å². The Morgan fingerprint density at radius 2 is 2.25 bits per heavy atom. The molecule has 0 radical (unpaired) electrons. The molecule has 1 aromatic carbocycles. The molecule has 3 N–H and O–H groups in total. The van der Waals surface area contributed by atoms with Gasteiger partial charge in [0.15, 0.2) is 5.96 Å². The molecule has 1 amide bonds. The summed E-state index contributed by atoms with van der Waals surface area (Å²) in [7, 11) is 0. The molecule has 1 saturated heterocycles. The molecule has 28 heavy (non-hydrogen) atoms. The van der Waals surface area contributed by atoms with Crippen molar-refractivity contribution in [2.45, 2.75) is 39.3 Å². The Kier molecular flexibility index (Phi) is 11.0. The number of carbonyl (C=O) groups excluding carboxylic acids is 1. The third-order valence-electron chi connectivity index (χ3n) is 4.28. The van der Waals surface area contributed by atoms with Gasteiger partial charge in [0.05, 0.1) is 6.54 Å². The molecule has 0 saturated carbocycles. The standard InChI is InChI=1S/C18H25BrF2N4O2.HI/c1-2-23-18(25-7-3-4-12(11-25)8-16(22)26)24-10-13-9-14(19)5-6-15(13)27-17(20)21;/h5-6,9,12,17H,2-4,7-8,10-11H2,1H3,(H2,22,26)(H,23,24);1H. The minimum Gasteiger partial charge on any atom is -0.434 e. The number of hydrogen-bond acceptors (Lipinski definition) is 3. The number of alkyl halides is 2. The lowest BCUT2D eigenvalue weighted by molar-refractivity contribution is -0.119. The second-order valence-electron chi connectivity index (χ2n) is 6.43. The summed E-state index contributed by atoms with van der Waals surface area (Å²) in [4.78, 5) is 17.9. The van der Waals surface area contributed by atoms with Crippen molar-refractivity contribution in [3.8, 4) is 5.75 Å². The number of nitrogens with zero attached hydrogens (tertiary/aromatic N) is 2. The summed E-state index contributed by atoms with van der Waals surface area (Å²) in [6.07, 6.45) is 2.25. The Balaban J connectivity index is 0.00000392. The molecule has 6 nitrogen and oxygen atoms in total. The first-order valence-corrected chi connectivity index (χ1v) is 9.73. The second-order valence-corrected chi connectivity index (χ2v) is 7.34. The number of nitrogens with two attached hydrogens (primary N) is 1. The molecule has 0 aliphatic carbocycles. The van der Waals surface area contributed by atoms with Crippen LogP contribution in [0.5, 0.6) is 5.75 Å². The summed E-state index contributed by atoms with van der Waals surface area (Å²) in [5.74, 6) is 0.697. The number of aliphatic imine (C=N–C) groups is 1. The number of hydrogen-bond donors (Lipinski definition) is 2.